The van der Waals surface area contributed by atoms with E-state index in [1.165, 1.54) is 0 Å². The molecule has 2 unspecified atom stereocenters. The molecule has 7 heteroatoms. The van der Waals surface area contributed by atoms with Crippen LogP contribution in [0.2, 0.25) is 0 Å². The molecule has 27 heavy (non-hydrogen) atoms. The zero-order valence-electron chi connectivity index (χ0n) is 16.5. The maximum atomic E-state index is 12.5. The zero-order chi connectivity index (χ0) is 20.3. The number of carboxylic acids is 1. The van der Waals surface area contributed by atoms with Crippen LogP contribution >= 0.6 is 11.3 Å². The van der Waals surface area contributed by atoms with E-state index in [-0.39, 0.29) is 10.8 Å². The molecule has 1 heterocycles. The van der Waals surface area contributed by atoms with Gasteiger partial charge in [0.1, 0.15) is 15.6 Å². The Morgan fingerprint density at radius 3 is 2.41 bits per heavy atom. The molecular formula is C20H26N2O4S. The number of aromatic carboxylic acids is 1. The van der Waals surface area contributed by atoms with E-state index >= 15 is 0 Å². The van der Waals surface area contributed by atoms with Gasteiger partial charge in [0.2, 0.25) is 0 Å². The number of nitrogens with zero attached hydrogens (tertiary/aromatic N) is 1. The fourth-order valence-electron chi connectivity index (χ4n) is 2.54. The monoisotopic (exact) mass is 390 g/mol. The first-order valence-electron chi connectivity index (χ1n) is 8.88. The minimum atomic E-state index is -1.01. The van der Waals surface area contributed by atoms with E-state index in [1.807, 2.05) is 19.1 Å². The fourth-order valence-corrected chi connectivity index (χ4v) is 3.45. The van der Waals surface area contributed by atoms with E-state index < -0.39 is 18.1 Å². The van der Waals surface area contributed by atoms with Crippen molar-refractivity contribution in [3.05, 3.63) is 44.9 Å². The lowest BCUT2D eigenvalue weighted by Crippen LogP contribution is -2.37. The molecule has 2 aromatic rings. The minimum absolute atomic E-state index is 0.191. The smallest absolute Gasteiger partial charge is 0.347 e. The SMILES string of the molecule is Cc1ccc(C(C)C)cc1OC(C)C(=O)NC(C)c1nc(C)c(C(=O)O)s1. The topological polar surface area (TPSA) is 88.5 Å². The lowest BCUT2D eigenvalue weighted by molar-refractivity contribution is -0.127. The first kappa shape index (κ1) is 20.9. The quantitative estimate of drug-likeness (QED) is 0.739. The number of hydrogen-bond acceptors (Lipinski definition) is 5. The molecule has 0 bridgehead atoms. The molecule has 0 saturated carbocycles. The number of carbonyl (C=O) groups is 2. The molecule has 1 amide bonds. The average molecular weight is 391 g/mol. The van der Waals surface area contributed by atoms with Crippen LogP contribution in [-0.2, 0) is 4.79 Å². The van der Waals surface area contributed by atoms with Crippen LogP contribution < -0.4 is 10.1 Å². The predicted molar refractivity (Wildman–Crippen MR) is 106 cm³/mol. The summed E-state index contributed by atoms with van der Waals surface area (Å²) in [6.45, 7) is 11.3. The van der Waals surface area contributed by atoms with E-state index in [0.29, 0.717) is 22.4 Å². The number of amides is 1. The number of benzene rings is 1. The second-order valence-corrected chi connectivity index (χ2v) is 7.97. The van der Waals surface area contributed by atoms with Crippen LogP contribution in [-0.4, -0.2) is 28.1 Å². The minimum Gasteiger partial charge on any atom is -0.481 e. The Hall–Kier alpha value is -2.41. The Morgan fingerprint density at radius 1 is 1.19 bits per heavy atom. The maximum absolute atomic E-state index is 12.5. The maximum Gasteiger partial charge on any atom is 0.347 e. The summed E-state index contributed by atoms with van der Waals surface area (Å²) in [5, 5.41) is 12.5. The van der Waals surface area contributed by atoms with Crippen LogP contribution in [0, 0.1) is 13.8 Å². The van der Waals surface area contributed by atoms with Gasteiger partial charge in [0.05, 0.1) is 11.7 Å². The van der Waals surface area contributed by atoms with Crippen molar-refractivity contribution in [2.24, 2.45) is 0 Å². The molecule has 2 atom stereocenters. The molecule has 0 aliphatic heterocycles. The number of carbonyl (C=O) groups excluding carboxylic acids is 1. The summed E-state index contributed by atoms with van der Waals surface area (Å²) in [6.07, 6.45) is -0.687. The third kappa shape index (κ3) is 5.07. The molecule has 0 aliphatic carbocycles. The molecule has 0 saturated heterocycles. The lowest BCUT2D eigenvalue weighted by atomic mass is 10.0. The molecule has 0 aliphatic rings. The van der Waals surface area contributed by atoms with E-state index in [0.717, 1.165) is 22.5 Å². The first-order valence-corrected chi connectivity index (χ1v) is 9.70. The van der Waals surface area contributed by atoms with Crippen molar-refractivity contribution in [1.82, 2.24) is 10.3 Å². The van der Waals surface area contributed by atoms with Crippen molar-refractivity contribution in [2.45, 2.75) is 59.6 Å². The van der Waals surface area contributed by atoms with Crippen molar-refractivity contribution in [3.63, 3.8) is 0 Å². The van der Waals surface area contributed by atoms with E-state index in [4.69, 9.17) is 9.84 Å². The number of aryl methyl sites for hydroxylation is 2. The largest absolute Gasteiger partial charge is 0.481 e. The van der Waals surface area contributed by atoms with Crippen LogP contribution in [0.4, 0.5) is 0 Å². The Kier molecular flexibility index (Phi) is 6.59. The van der Waals surface area contributed by atoms with Gasteiger partial charge in [-0.25, -0.2) is 9.78 Å². The highest BCUT2D eigenvalue weighted by molar-refractivity contribution is 7.13. The van der Waals surface area contributed by atoms with E-state index in [1.54, 1.807) is 20.8 Å². The summed E-state index contributed by atoms with van der Waals surface area (Å²) < 4.78 is 5.88. The summed E-state index contributed by atoms with van der Waals surface area (Å²) >= 11 is 1.07. The lowest BCUT2D eigenvalue weighted by Gasteiger charge is -2.19. The van der Waals surface area contributed by atoms with Gasteiger partial charge in [0.15, 0.2) is 6.10 Å². The fraction of sp³-hybridized carbons (Fsp3) is 0.450. The summed E-state index contributed by atoms with van der Waals surface area (Å²) in [4.78, 5) is 28.1. The second-order valence-electron chi connectivity index (χ2n) is 6.94. The highest BCUT2D eigenvalue weighted by Gasteiger charge is 2.22. The van der Waals surface area contributed by atoms with Crippen molar-refractivity contribution in [2.75, 3.05) is 0 Å². The Bertz CT molecular complexity index is 845. The predicted octanol–water partition coefficient (Wildman–Crippen LogP) is 4.23. The highest BCUT2D eigenvalue weighted by atomic mass is 32.1. The van der Waals surface area contributed by atoms with Crippen LogP contribution in [0.5, 0.6) is 5.75 Å². The number of aromatic nitrogens is 1. The van der Waals surface area contributed by atoms with Gasteiger partial charge in [-0.2, -0.15) is 0 Å². The van der Waals surface area contributed by atoms with Crippen molar-refractivity contribution in [3.8, 4) is 5.75 Å². The Morgan fingerprint density at radius 2 is 1.85 bits per heavy atom. The standard InChI is InChI=1S/C20H26N2O4S/c1-10(2)15-8-7-11(3)16(9-15)26-14(6)18(23)21-13(5)19-22-12(4)17(27-19)20(24)25/h7-10,13-14H,1-6H3,(H,21,23)(H,24,25). The molecule has 0 fully saturated rings. The summed E-state index contributed by atoms with van der Waals surface area (Å²) in [6, 6.07) is 5.62. The van der Waals surface area contributed by atoms with Crippen molar-refractivity contribution in [1.29, 1.82) is 0 Å². The summed E-state index contributed by atoms with van der Waals surface area (Å²) in [7, 11) is 0. The number of nitrogens with one attached hydrogen (secondary N) is 1. The third-order valence-electron chi connectivity index (χ3n) is 4.29. The van der Waals surface area contributed by atoms with Crippen LogP contribution in [0.15, 0.2) is 18.2 Å². The number of carboxylic acid groups (broad SMARTS) is 1. The molecular weight excluding hydrogens is 364 g/mol. The van der Waals surface area contributed by atoms with Gasteiger partial charge < -0.3 is 15.2 Å². The van der Waals surface area contributed by atoms with Crippen LogP contribution in [0.25, 0.3) is 0 Å². The van der Waals surface area contributed by atoms with Crippen molar-refractivity contribution < 1.29 is 19.4 Å². The second kappa shape index (κ2) is 8.52. The molecule has 2 rings (SSSR count). The molecule has 2 N–H and O–H groups in total. The summed E-state index contributed by atoms with van der Waals surface area (Å²) in [5.41, 5.74) is 2.57. The number of rotatable bonds is 7. The van der Waals surface area contributed by atoms with Crippen molar-refractivity contribution >= 4 is 23.2 Å². The molecule has 1 aromatic heterocycles. The summed E-state index contributed by atoms with van der Waals surface area (Å²) in [5.74, 6) is -0.225. The van der Waals surface area contributed by atoms with Crippen LogP contribution in [0.1, 0.15) is 71.2 Å². The molecule has 0 spiro atoms. The average Bonchev–Trinajstić information content (AvgIpc) is 2.98. The Balaban J connectivity index is 2.06. The van der Waals surface area contributed by atoms with E-state index in [2.05, 4.69) is 30.2 Å². The van der Waals surface area contributed by atoms with Gasteiger partial charge in [-0.3, -0.25) is 4.79 Å². The highest BCUT2D eigenvalue weighted by Crippen LogP contribution is 2.26. The number of hydrogen-bond donors (Lipinski definition) is 2. The Labute approximate surface area is 163 Å². The normalized spacial score (nSPS) is 13.3. The number of ether oxygens (including phenoxy) is 1. The molecule has 146 valence electrons. The van der Waals surface area contributed by atoms with E-state index in [9.17, 15) is 9.59 Å². The van der Waals surface area contributed by atoms with Crippen LogP contribution in [0.3, 0.4) is 0 Å². The van der Waals surface area contributed by atoms with Gasteiger partial charge in [-0.1, -0.05) is 26.0 Å². The molecule has 6 nitrogen and oxygen atoms in total. The molecule has 1 aromatic carbocycles. The zero-order valence-corrected chi connectivity index (χ0v) is 17.3. The van der Waals surface area contributed by atoms with Gasteiger partial charge >= 0.3 is 5.97 Å². The van der Waals surface area contributed by atoms with Gasteiger partial charge in [-0.05, 0) is 50.8 Å². The van der Waals surface area contributed by atoms with Gasteiger partial charge in [-0.15, -0.1) is 11.3 Å². The van der Waals surface area contributed by atoms with Gasteiger partial charge in [0, 0.05) is 0 Å². The molecule has 0 radical (unpaired) electrons. The van der Waals surface area contributed by atoms with Gasteiger partial charge in [0.25, 0.3) is 5.91 Å². The number of thiazole rings is 1. The third-order valence-corrected chi connectivity index (χ3v) is 5.62. The first-order chi connectivity index (χ1) is 12.6.